The van der Waals surface area contributed by atoms with E-state index in [0.29, 0.717) is 0 Å². The molecular weight excluding hydrogens is 156 g/mol. The van der Waals surface area contributed by atoms with E-state index in [1.54, 1.807) is 0 Å². The van der Waals surface area contributed by atoms with Crippen LogP contribution in [0.5, 0.6) is 0 Å². The summed E-state index contributed by atoms with van der Waals surface area (Å²) in [5, 5.41) is 30.8. The van der Waals surface area contributed by atoms with Crippen LogP contribution in [-0.2, 0) is 9.59 Å². The van der Waals surface area contributed by atoms with Gasteiger partial charge < -0.3 is 20.4 Å². The van der Waals surface area contributed by atoms with Gasteiger partial charge in [0.25, 0.3) is 0 Å². The Morgan fingerprint density at radius 3 is 1.45 bits per heavy atom. The molecule has 0 aliphatic rings. The standard InChI is InChI=1S/C3H8O2.C2H2O4/c1-3(5)2-4;3-1(4)2(5)6/h3-5H,2H2,1H3;(H,3,4)(H,5,6). The van der Waals surface area contributed by atoms with Crippen molar-refractivity contribution in [3.63, 3.8) is 0 Å². The molecule has 0 aromatic rings. The molecule has 0 saturated carbocycles. The van der Waals surface area contributed by atoms with Crippen LogP contribution in [0.15, 0.2) is 0 Å². The summed E-state index contributed by atoms with van der Waals surface area (Å²) in [6.07, 6.45) is -0.560. The molecule has 0 rings (SSSR count). The lowest BCUT2D eigenvalue weighted by atomic mass is 10.5. The molecule has 0 aromatic heterocycles. The van der Waals surface area contributed by atoms with E-state index in [9.17, 15) is 0 Å². The maximum atomic E-state index is 9.10. The number of aliphatic carboxylic acids is 2. The van der Waals surface area contributed by atoms with Gasteiger partial charge >= 0.3 is 11.9 Å². The minimum Gasteiger partial charge on any atom is -0.473 e. The zero-order valence-electron chi connectivity index (χ0n) is 5.89. The van der Waals surface area contributed by atoms with Crippen molar-refractivity contribution < 1.29 is 30.0 Å². The number of aliphatic hydroxyl groups is 2. The Kier molecular flexibility index (Phi) is 7.94. The van der Waals surface area contributed by atoms with Crippen LogP contribution < -0.4 is 0 Å². The molecule has 1 unspecified atom stereocenters. The monoisotopic (exact) mass is 166 g/mol. The molecule has 6 nitrogen and oxygen atoms in total. The largest absolute Gasteiger partial charge is 0.473 e. The van der Waals surface area contributed by atoms with E-state index in [2.05, 4.69) is 0 Å². The molecule has 0 amide bonds. The van der Waals surface area contributed by atoms with Gasteiger partial charge in [0.1, 0.15) is 0 Å². The van der Waals surface area contributed by atoms with Crippen LogP contribution in [0.25, 0.3) is 0 Å². The first-order chi connectivity index (χ1) is 4.91. The Hall–Kier alpha value is -1.14. The van der Waals surface area contributed by atoms with Crippen molar-refractivity contribution in [1.82, 2.24) is 0 Å². The van der Waals surface area contributed by atoms with Gasteiger partial charge in [-0.1, -0.05) is 0 Å². The number of carboxylic acid groups (broad SMARTS) is 2. The third-order valence-corrected chi connectivity index (χ3v) is 0.447. The van der Waals surface area contributed by atoms with Gasteiger partial charge in [-0.3, -0.25) is 0 Å². The average molecular weight is 166 g/mol. The summed E-state index contributed by atoms with van der Waals surface area (Å²) < 4.78 is 0. The third-order valence-electron chi connectivity index (χ3n) is 0.447. The minimum atomic E-state index is -1.82. The van der Waals surface area contributed by atoms with Gasteiger partial charge in [-0.2, -0.15) is 0 Å². The van der Waals surface area contributed by atoms with Gasteiger partial charge in [0.15, 0.2) is 0 Å². The predicted molar refractivity (Wildman–Crippen MR) is 34.0 cm³/mol. The Labute approximate surface area is 62.7 Å². The minimum absolute atomic E-state index is 0.139. The number of hydrogen-bond acceptors (Lipinski definition) is 4. The van der Waals surface area contributed by atoms with Crippen molar-refractivity contribution >= 4 is 11.9 Å². The molecule has 0 heterocycles. The van der Waals surface area contributed by atoms with Crippen molar-refractivity contribution in [3.8, 4) is 0 Å². The molecule has 66 valence electrons. The molecule has 0 spiro atoms. The van der Waals surface area contributed by atoms with Crippen LogP contribution in [-0.4, -0.2) is 45.1 Å². The topological polar surface area (TPSA) is 115 Å². The summed E-state index contributed by atoms with van der Waals surface area (Å²) in [6, 6.07) is 0. The highest BCUT2D eigenvalue weighted by Gasteiger charge is 2.04. The van der Waals surface area contributed by atoms with Crippen molar-refractivity contribution in [1.29, 1.82) is 0 Å². The number of aliphatic hydroxyl groups excluding tert-OH is 2. The van der Waals surface area contributed by atoms with Gasteiger partial charge in [0.05, 0.1) is 12.7 Å². The Balaban J connectivity index is 0. The number of rotatable bonds is 1. The first kappa shape index (κ1) is 12.5. The highest BCUT2D eigenvalue weighted by Crippen LogP contribution is 1.68. The summed E-state index contributed by atoms with van der Waals surface area (Å²) in [5.74, 6) is -3.65. The SMILES string of the molecule is CC(O)CO.O=C(O)C(=O)O. The summed E-state index contributed by atoms with van der Waals surface area (Å²) in [5.41, 5.74) is 0. The first-order valence-electron chi connectivity index (χ1n) is 2.67. The fourth-order valence-corrected chi connectivity index (χ4v) is 0. The van der Waals surface area contributed by atoms with E-state index in [4.69, 9.17) is 30.0 Å². The lowest BCUT2D eigenvalue weighted by molar-refractivity contribution is -0.159. The van der Waals surface area contributed by atoms with Crippen LogP contribution >= 0.6 is 0 Å². The van der Waals surface area contributed by atoms with Gasteiger partial charge in [-0.05, 0) is 6.92 Å². The lowest BCUT2D eigenvalue weighted by Crippen LogP contribution is -2.09. The van der Waals surface area contributed by atoms with E-state index in [-0.39, 0.29) is 6.61 Å². The molecular formula is C5H10O6. The highest BCUT2D eigenvalue weighted by molar-refractivity contribution is 6.27. The van der Waals surface area contributed by atoms with Crippen LogP contribution in [0.3, 0.4) is 0 Å². The van der Waals surface area contributed by atoms with Gasteiger partial charge in [0, 0.05) is 0 Å². The third kappa shape index (κ3) is 17.7. The molecule has 0 aromatic carbocycles. The Morgan fingerprint density at radius 2 is 1.45 bits per heavy atom. The summed E-state index contributed by atoms with van der Waals surface area (Å²) in [6.45, 7) is 1.39. The quantitative estimate of drug-likeness (QED) is 0.353. The normalized spacial score (nSPS) is 10.8. The lowest BCUT2D eigenvalue weighted by Gasteiger charge is -1.90. The number of hydrogen-bond donors (Lipinski definition) is 4. The maximum Gasteiger partial charge on any atom is 0.414 e. The molecule has 11 heavy (non-hydrogen) atoms. The fraction of sp³-hybridized carbons (Fsp3) is 0.600. The fourth-order valence-electron chi connectivity index (χ4n) is 0. The molecule has 0 radical (unpaired) electrons. The van der Waals surface area contributed by atoms with E-state index in [1.807, 2.05) is 0 Å². The first-order valence-corrected chi connectivity index (χ1v) is 2.67. The summed E-state index contributed by atoms with van der Waals surface area (Å²) in [4.78, 5) is 18.2. The van der Waals surface area contributed by atoms with Gasteiger partial charge in [0.2, 0.25) is 0 Å². The number of carbonyl (C=O) groups is 2. The molecule has 6 heteroatoms. The van der Waals surface area contributed by atoms with Crippen LogP contribution in [0, 0.1) is 0 Å². The van der Waals surface area contributed by atoms with Crippen LogP contribution in [0.4, 0.5) is 0 Å². The van der Waals surface area contributed by atoms with Gasteiger partial charge in [-0.25, -0.2) is 9.59 Å². The van der Waals surface area contributed by atoms with Crippen molar-refractivity contribution in [2.75, 3.05) is 6.61 Å². The smallest absolute Gasteiger partial charge is 0.414 e. The predicted octanol–water partition coefficient (Wildman–Crippen LogP) is -1.48. The van der Waals surface area contributed by atoms with Crippen molar-refractivity contribution in [3.05, 3.63) is 0 Å². The maximum absolute atomic E-state index is 9.10. The summed E-state index contributed by atoms with van der Waals surface area (Å²) >= 11 is 0. The second kappa shape index (κ2) is 6.97. The molecule has 0 aliphatic heterocycles. The Morgan fingerprint density at radius 1 is 1.27 bits per heavy atom. The van der Waals surface area contributed by atoms with E-state index >= 15 is 0 Å². The molecule has 0 saturated heterocycles. The van der Waals surface area contributed by atoms with Gasteiger partial charge in [-0.15, -0.1) is 0 Å². The van der Waals surface area contributed by atoms with Crippen LogP contribution in [0.2, 0.25) is 0 Å². The second-order valence-corrected chi connectivity index (χ2v) is 1.64. The molecule has 4 N–H and O–H groups in total. The molecule has 0 aliphatic carbocycles. The summed E-state index contributed by atoms with van der Waals surface area (Å²) in [7, 11) is 0. The highest BCUT2D eigenvalue weighted by atomic mass is 16.4. The van der Waals surface area contributed by atoms with E-state index < -0.39 is 18.0 Å². The zero-order chi connectivity index (χ0) is 9.44. The van der Waals surface area contributed by atoms with E-state index in [0.717, 1.165) is 0 Å². The number of carboxylic acids is 2. The van der Waals surface area contributed by atoms with Crippen molar-refractivity contribution in [2.24, 2.45) is 0 Å². The second-order valence-electron chi connectivity index (χ2n) is 1.64. The average Bonchev–Trinajstić information content (AvgIpc) is 1.89. The van der Waals surface area contributed by atoms with Crippen molar-refractivity contribution in [2.45, 2.75) is 13.0 Å². The van der Waals surface area contributed by atoms with E-state index in [1.165, 1.54) is 6.92 Å². The Bertz CT molecular complexity index is 117. The molecule has 1 atom stereocenters. The molecule has 0 bridgehead atoms. The van der Waals surface area contributed by atoms with Crippen LogP contribution in [0.1, 0.15) is 6.92 Å². The molecule has 0 fully saturated rings. The zero-order valence-corrected chi connectivity index (χ0v) is 5.89.